The first-order valence-corrected chi connectivity index (χ1v) is 6.15. The molecule has 0 saturated carbocycles. The number of Topliss-reactive ketones (excluding diaryl/α,β-unsaturated/α-hetero) is 1. The number of esters is 1. The molecule has 0 fully saturated rings. The number of carbonyl (C=O) groups excluding carboxylic acids is 2. The molecule has 0 N–H and O–H groups in total. The minimum absolute atomic E-state index is 0.217. The Morgan fingerprint density at radius 1 is 1.35 bits per heavy atom. The van der Waals surface area contributed by atoms with Gasteiger partial charge in [-0.15, -0.1) is 11.3 Å². The van der Waals surface area contributed by atoms with Crippen LogP contribution in [0, 0.1) is 6.92 Å². The maximum atomic E-state index is 11.8. The number of ether oxygens (including phenoxy) is 1. The van der Waals surface area contributed by atoms with E-state index in [0.717, 1.165) is 15.6 Å². The predicted molar refractivity (Wildman–Crippen MR) is 67.5 cm³/mol. The highest BCUT2D eigenvalue weighted by Crippen LogP contribution is 2.28. The zero-order chi connectivity index (χ0) is 12.4. The van der Waals surface area contributed by atoms with Gasteiger partial charge in [0, 0.05) is 4.70 Å². The lowest BCUT2D eigenvalue weighted by Crippen LogP contribution is -2.16. The van der Waals surface area contributed by atoms with Gasteiger partial charge in [-0.25, -0.2) is 4.79 Å². The van der Waals surface area contributed by atoms with Gasteiger partial charge < -0.3 is 4.74 Å². The summed E-state index contributed by atoms with van der Waals surface area (Å²) in [6.45, 7) is 3.88. The Labute approximate surface area is 103 Å². The largest absolute Gasteiger partial charge is 0.460 e. The summed E-state index contributed by atoms with van der Waals surface area (Å²) in [4.78, 5) is 23.5. The molecule has 0 amide bonds. The first-order chi connectivity index (χ1) is 8.13. The second-order valence-electron chi connectivity index (χ2n) is 3.65. The maximum absolute atomic E-state index is 11.8. The van der Waals surface area contributed by atoms with Crippen LogP contribution in [0.25, 0.3) is 10.1 Å². The number of rotatable bonds is 3. The van der Waals surface area contributed by atoms with Crippen molar-refractivity contribution in [3.63, 3.8) is 0 Å². The molecule has 0 unspecified atom stereocenters. The lowest BCUT2D eigenvalue weighted by Gasteiger charge is -1.97. The minimum atomic E-state index is -0.781. The van der Waals surface area contributed by atoms with Gasteiger partial charge >= 0.3 is 5.97 Å². The number of hydrogen-bond donors (Lipinski definition) is 0. The number of thiophene rings is 1. The average Bonchev–Trinajstić information content (AvgIpc) is 2.73. The summed E-state index contributed by atoms with van der Waals surface area (Å²) in [5.41, 5.74) is 1.10. The SMILES string of the molecule is CCOC(=O)C(=O)c1cc2c(C)cccc2s1. The maximum Gasteiger partial charge on any atom is 0.380 e. The standard InChI is InChI=1S/C13H12O3S/c1-3-16-13(15)12(14)11-7-9-8(2)5-4-6-10(9)17-11/h4-7H,3H2,1-2H3. The molecule has 0 atom stereocenters. The molecule has 0 bridgehead atoms. The smallest absolute Gasteiger partial charge is 0.380 e. The van der Waals surface area contributed by atoms with Crippen LogP contribution in [0.4, 0.5) is 0 Å². The molecule has 4 heteroatoms. The van der Waals surface area contributed by atoms with Crippen molar-refractivity contribution in [3.05, 3.63) is 34.7 Å². The molecule has 0 saturated heterocycles. The summed E-state index contributed by atoms with van der Waals surface area (Å²) in [7, 11) is 0. The van der Waals surface area contributed by atoms with E-state index in [0.29, 0.717) is 4.88 Å². The summed E-state index contributed by atoms with van der Waals surface area (Å²) >= 11 is 1.32. The fraction of sp³-hybridized carbons (Fsp3) is 0.231. The van der Waals surface area contributed by atoms with Crippen LogP contribution < -0.4 is 0 Å². The van der Waals surface area contributed by atoms with Crippen molar-refractivity contribution >= 4 is 33.2 Å². The van der Waals surface area contributed by atoms with Crippen molar-refractivity contribution in [3.8, 4) is 0 Å². The molecule has 0 aliphatic heterocycles. The second-order valence-corrected chi connectivity index (χ2v) is 4.73. The van der Waals surface area contributed by atoms with Crippen LogP contribution in [-0.2, 0) is 9.53 Å². The van der Waals surface area contributed by atoms with Gasteiger partial charge in [-0.05, 0) is 36.9 Å². The lowest BCUT2D eigenvalue weighted by molar-refractivity contribution is -0.137. The lowest BCUT2D eigenvalue weighted by atomic mass is 10.1. The molecule has 17 heavy (non-hydrogen) atoms. The number of aryl methyl sites for hydroxylation is 1. The summed E-state index contributed by atoms with van der Waals surface area (Å²) < 4.78 is 5.71. The third-order valence-corrected chi connectivity index (χ3v) is 3.56. The molecule has 2 rings (SSSR count). The van der Waals surface area contributed by atoms with Crippen LogP contribution in [0.2, 0.25) is 0 Å². The molecule has 1 heterocycles. The van der Waals surface area contributed by atoms with Gasteiger partial charge in [0.25, 0.3) is 5.78 Å². The van der Waals surface area contributed by atoms with Crippen molar-refractivity contribution < 1.29 is 14.3 Å². The summed E-state index contributed by atoms with van der Waals surface area (Å²) in [5.74, 6) is -1.34. The highest BCUT2D eigenvalue weighted by atomic mass is 32.1. The summed E-state index contributed by atoms with van der Waals surface area (Å²) in [6, 6.07) is 7.62. The minimum Gasteiger partial charge on any atom is -0.460 e. The van der Waals surface area contributed by atoms with Crippen molar-refractivity contribution in [1.82, 2.24) is 0 Å². The van der Waals surface area contributed by atoms with Gasteiger partial charge in [0.05, 0.1) is 11.5 Å². The Kier molecular flexibility index (Phi) is 3.24. The number of ketones is 1. The quantitative estimate of drug-likeness (QED) is 0.476. The van der Waals surface area contributed by atoms with Crippen LogP contribution in [-0.4, -0.2) is 18.4 Å². The van der Waals surface area contributed by atoms with Gasteiger partial charge in [0.15, 0.2) is 0 Å². The predicted octanol–water partition coefficient (Wildman–Crippen LogP) is 2.96. The Hall–Kier alpha value is -1.68. The van der Waals surface area contributed by atoms with E-state index in [1.807, 2.05) is 25.1 Å². The fourth-order valence-corrected chi connectivity index (χ4v) is 2.68. The molecule has 1 aromatic heterocycles. The first kappa shape index (κ1) is 11.8. The molecule has 2 aromatic rings. The van der Waals surface area contributed by atoms with Gasteiger partial charge in [0.1, 0.15) is 0 Å². The Balaban J connectivity index is 2.40. The molecule has 0 spiro atoms. The van der Waals surface area contributed by atoms with Crippen molar-refractivity contribution in [2.45, 2.75) is 13.8 Å². The fourth-order valence-electron chi connectivity index (χ4n) is 1.62. The van der Waals surface area contributed by atoms with Crippen LogP contribution in [0.15, 0.2) is 24.3 Å². The third-order valence-electron chi connectivity index (χ3n) is 2.46. The van der Waals surface area contributed by atoms with E-state index in [2.05, 4.69) is 0 Å². The summed E-state index contributed by atoms with van der Waals surface area (Å²) in [6.07, 6.45) is 0. The number of benzene rings is 1. The van der Waals surface area contributed by atoms with E-state index >= 15 is 0 Å². The Morgan fingerprint density at radius 3 is 2.76 bits per heavy atom. The average molecular weight is 248 g/mol. The molecule has 0 radical (unpaired) electrons. The molecule has 0 aliphatic rings. The van der Waals surface area contributed by atoms with Gasteiger partial charge in [-0.1, -0.05) is 12.1 Å². The zero-order valence-corrected chi connectivity index (χ0v) is 10.5. The van der Waals surface area contributed by atoms with E-state index in [9.17, 15) is 9.59 Å². The van der Waals surface area contributed by atoms with Crippen LogP contribution in [0.3, 0.4) is 0 Å². The van der Waals surface area contributed by atoms with Crippen molar-refractivity contribution in [1.29, 1.82) is 0 Å². The zero-order valence-electron chi connectivity index (χ0n) is 9.65. The summed E-state index contributed by atoms with van der Waals surface area (Å²) in [5, 5.41) is 1.02. The second kappa shape index (κ2) is 4.67. The number of fused-ring (bicyclic) bond motifs is 1. The van der Waals surface area contributed by atoms with Gasteiger partial charge in [-0.2, -0.15) is 0 Å². The van der Waals surface area contributed by atoms with Crippen molar-refractivity contribution in [2.75, 3.05) is 6.61 Å². The highest BCUT2D eigenvalue weighted by molar-refractivity contribution is 7.21. The van der Waals surface area contributed by atoms with E-state index in [4.69, 9.17) is 4.74 Å². The first-order valence-electron chi connectivity index (χ1n) is 5.34. The topological polar surface area (TPSA) is 43.4 Å². The monoisotopic (exact) mass is 248 g/mol. The highest BCUT2D eigenvalue weighted by Gasteiger charge is 2.20. The van der Waals surface area contributed by atoms with E-state index in [1.54, 1.807) is 13.0 Å². The van der Waals surface area contributed by atoms with Crippen LogP contribution in [0.5, 0.6) is 0 Å². The molecular weight excluding hydrogens is 236 g/mol. The van der Waals surface area contributed by atoms with Crippen LogP contribution >= 0.6 is 11.3 Å². The van der Waals surface area contributed by atoms with Crippen molar-refractivity contribution in [2.24, 2.45) is 0 Å². The van der Waals surface area contributed by atoms with Gasteiger partial charge in [0.2, 0.25) is 0 Å². The molecule has 88 valence electrons. The Morgan fingerprint density at radius 2 is 2.12 bits per heavy atom. The molecular formula is C13H12O3S. The van der Waals surface area contributed by atoms with Crippen LogP contribution in [0.1, 0.15) is 22.2 Å². The normalized spacial score (nSPS) is 10.5. The number of carbonyl (C=O) groups is 2. The number of hydrogen-bond acceptors (Lipinski definition) is 4. The Bertz CT molecular complexity index is 583. The third kappa shape index (κ3) is 2.22. The van der Waals surface area contributed by atoms with E-state index in [-0.39, 0.29) is 6.61 Å². The van der Waals surface area contributed by atoms with E-state index < -0.39 is 11.8 Å². The van der Waals surface area contributed by atoms with Gasteiger partial charge in [-0.3, -0.25) is 4.79 Å². The van der Waals surface area contributed by atoms with E-state index in [1.165, 1.54) is 11.3 Å². The molecule has 1 aromatic carbocycles. The molecule has 3 nitrogen and oxygen atoms in total. The molecule has 0 aliphatic carbocycles.